The summed E-state index contributed by atoms with van der Waals surface area (Å²) in [7, 11) is 0. The fourth-order valence-electron chi connectivity index (χ4n) is 2.84. The molecule has 1 aliphatic rings. The summed E-state index contributed by atoms with van der Waals surface area (Å²) < 4.78 is 0. The lowest BCUT2D eigenvalue weighted by Crippen LogP contribution is -2.38. The van der Waals surface area contributed by atoms with Gasteiger partial charge in [-0.1, -0.05) is 46.0 Å². The molecule has 0 aromatic carbocycles. The van der Waals surface area contributed by atoms with Gasteiger partial charge in [-0.2, -0.15) is 0 Å². The van der Waals surface area contributed by atoms with E-state index in [9.17, 15) is 4.79 Å². The van der Waals surface area contributed by atoms with Crippen molar-refractivity contribution in [2.45, 2.75) is 71.6 Å². The van der Waals surface area contributed by atoms with Crippen LogP contribution in [0.4, 0.5) is 0 Å². The lowest BCUT2D eigenvalue weighted by molar-refractivity contribution is -0.126. The zero-order chi connectivity index (χ0) is 14.1. The first kappa shape index (κ1) is 16.5. The van der Waals surface area contributed by atoms with Gasteiger partial charge in [0.15, 0.2) is 0 Å². The minimum atomic E-state index is 0.0833. The summed E-state index contributed by atoms with van der Waals surface area (Å²) in [6.07, 6.45) is 10.2. The van der Waals surface area contributed by atoms with Crippen LogP contribution in [0.1, 0.15) is 71.6 Å². The molecule has 1 fully saturated rings. The highest BCUT2D eigenvalue weighted by atomic mass is 16.2. The van der Waals surface area contributed by atoms with Crippen LogP contribution in [0.15, 0.2) is 0 Å². The van der Waals surface area contributed by atoms with E-state index in [1.165, 1.54) is 32.1 Å². The molecule has 0 saturated heterocycles. The maximum Gasteiger partial charge on any atom is 0.223 e. The second-order valence-electron chi connectivity index (χ2n) is 6.75. The van der Waals surface area contributed by atoms with E-state index in [1.807, 2.05) is 0 Å². The molecule has 3 heteroatoms. The summed E-state index contributed by atoms with van der Waals surface area (Å²) in [5, 5.41) is 12.0. The van der Waals surface area contributed by atoms with E-state index in [-0.39, 0.29) is 23.8 Å². The fourth-order valence-corrected chi connectivity index (χ4v) is 2.84. The maximum absolute atomic E-state index is 12.2. The Balaban J connectivity index is 2.32. The lowest BCUT2D eigenvalue weighted by atomic mass is 9.87. The number of carbonyl (C=O) groups excluding carboxylic acids is 1. The van der Waals surface area contributed by atoms with Crippen LogP contribution in [-0.2, 0) is 4.79 Å². The van der Waals surface area contributed by atoms with E-state index in [1.54, 1.807) is 0 Å². The zero-order valence-electron chi connectivity index (χ0n) is 12.7. The van der Waals surface area contributed by atoms with Gasteiger partial charge in [-0.15, -0.1) is 0 Å². The van der Waals surface area contributed by atoms with E-state index < -0.39 is 0 Å². The topological polar surface area (TPSA) is 49.3 Å². The number of aliphatic hydroxyl groups excluding tert-OH is 1. The first-order valence-electron chi connectivity index (χ1n) is 7.94. The zero-order valence-corrected chi connectivity index (χ0v) is 12.7. The van der Waals surface area contributed by atoms with E-state index in [0.29, 0.717) is 0 Å². The van der Waals surface area contributed by atoms with Crippen molar-refractivity contribution in [1.29, 1.82) is 0 Å². The molecule has 112 valence electrons. The summed E-state index contributed by atoms with van der Waals surface area (Å²) in [4.78, 5) is 12.2. The van der Waals surface area contributed by atoms with Crippen molar-refractivity contribution < 1.29 is 9.90 Å². The molecule has 0 unspecified atom stereocenters. The first-order valence-corrected chi connectivity index (χ1v) is 7.94. The minimum absolute atomic E-state index is 0.0833. The molecule has 0 spiro atoms. The molecule has 0 bridgehead atoms. The van der Waals surface area contributed by atoms with Crippen LogP contribution in [0, 0.1) is 11.3 Å². The largest absolute Gasteiger partial charge is 0.396 e. The van der Waals surface area contributed by atoms with E-state index >= 15 is 0 Å². The predicted octanol–water partition coefficient (Wildman–Crippen LogP) is 3.26. The molecule has 19 heavy (non-hydrogen) atoms. The van der Waals surface area contributed by atoms with Crippen LogP contribution < -0.4 is 5.32 Å². The molecule has 0 radical (unpaired) electrons. The highest BCUT2D eigenvalue weighted by molar-refractivity contribution is 5.78. The van der Waals surface area contributed by atoms with Crippen molar-refractivity contribution in [3.05, 3.63) is 0 Å². The molecule has 0 heterocycles. The summed E-state index contributed by atoms with van der Waals surface area (Å²) in [5.74, 6) is 0.480. The second-order valence-corrected chi connectivity index (χ2v) is 6.75. The number of nitrogens with one attached hydrogen (secondary N) is 1. The van der Waals surface area contributed by atoms with Crippen LogP contribution in [0.3, 0.4) is 0 Å². The van der Waals surface area contributed by atoms with Crippen LogP contribution in [0.5, 0.6) is 0 Å². The number of aliphatic hydroxyl groups is 1. The van der Waals surface area contributed by atoms with E-state index in [4.69, 9.17) is 5.11 Å². The van der Waals surface area contributed by atoms with Gasteiger partial charge in [0.25, 0.3) is 0 Å². The van der Waals surface area contributed by atoms with Crippen molar-refractivity contribution >= 4 is 5.91 Å². The molecule has 1 saturated carbocycles. The lowest BCUT2D eigenvalue weighted by Gasteiger charge is -2.26. The molecule has 0 aliphatic heterocycles. The van der Waals surface area contributed by atoms with Crippen molar-refractivity contribution in [2.24, 2.45) is 11.3 Å². The van der Waals surface area contributed by atoms with Gasteiger partial charge < -0.3 is 10.4 Å². The molecule has 3 nitrogen and oxygen atoms in total. The standard InChI is InChI=1S/C16H31NO2/c1-16(2,11-8-12-18)13-17-15(19)14-9-6-4-3-5-7-10-14/h14,18H,3-13H2,1-2H3,(H,17,19). The third-order valence-electron chi connectivity index (χ3n) is 4.23. The second kappa shape index (κ2) is 8.57. The van der Waals surface area contributed by atoms with E-state index in [0.717, 1.165) is 32.2 Å². The average Bonchev–Trinajstić information content (AvgIpc) is 2.33. The Bertz CT molecular complexity index is 255. The molecule has 0 aromatic heterocycles. The Morgan fingerprint density at radius 1 is 1.16 bits per heavy atom. The predicted molar refractivity (Wildman–Crippen MR) is 78.9 cm³/mol. The van der Waals surface area contributed by atoms with Gasteiger partial charge >= 0.3 is 0 Å². The van der Waals surface area contributed by atoms with Gasteiger partial charge in [0.2, 0.25) is 5.91 Å². The normalized spacial score (nSPS) is 18.7. The third kappa shape index (κ3) is 6.95. The van der Waals surface area contributed by atoms with Gasteiger partial charge in [0.05, 0.1) is 0 Å². The molecule has 0 aromatic rings. The SMILES string of the molecule is CC(C)(CCCO)CNC(=O)C1CCCCCCC1. The molecule has 0 atom stereocenters. The van der Waals surface area contributed by atoms with Gasteiger partial charge in [0, 0.05) is 19.1 Å². The molecular weight excluding hydrogens is 238 g/mol. The Morgan fingerprint density at radius 3 is 2.32 bits per heavy atom. The summed E-state index contributed by atoms with van der Waals surface area (Å²) in [6.45, 7) is 5.27. The van der Waals surface area contributed by atoms with E-state index in [2.05, 4.69) is 19.2 Å². The smallest absolute Gasteiger partial charge is 0.223 e. The number of carbonyl (C=O) groups is 1. The van der Waals surface area contributed by atoms with Crippen LogP contribution in [0.25, 0.3) is 0 Å². The van der Waals surface area contributed by atoms with Crippen molar-refractivity contribution in [1.82, 2.24) is 5.32 Å². The highest BCUT2D eigenvalue weighted by Gasteiger charge is 2.22. The maximum atomic E-state index is 12.2. The molecule has 1 rings (SSSR count). The molecule has 1 amide bonds. The average molecular weight is 269 g/mol. The van der Waals surface area contributed by atoms with Crippen molar-refractivity contribution in [2.75, 3.05) is 13.2 Å². The van der Waals surface area contributed by atoms with Crippen molar-refractivity contribution in [3.63, 3.8) is 0 Å². The number of hydrogen-bond donors (Lipinski definition) is 2. The Kier molecular flexibility index (Phi) is 7.44. The fraction of sp³-hybridized carbons (Fsp3) is 0.938. The quantitative estimate of drug-likeness (QED) is 0.777. The molecule has 1 aliphatic carbocycles. The van der Waals surface area contributed by atoms with Crippen LogP contribution >= 0.6 is 0 Å². The Labute approximate surface area is 118 Å². The third-order valence-corrected chi connectivity index (χ3v) is 4.23. The summed E-state index contributed by atoms with van der Waals surface area (Å²) in [5.41, 5.74) is 0.0833. The van der Waals surface area contributed by atoms with Crippen LogP contribution in [-0.4, -0.2) is 24.2 Å². The van der Waals surface area contributed by atoms with Crippen molar-refractivity contribution in [3.8, 4) is 0 Å². The number of rotatable bonds is 6. The molecule has 2 N–H and O–H groups in total. The van der Waals surface area contributed by atoms with Gasteiger partial charge in [-0.05, 0) is 31.1 Å². The van der Waals surface area contributed by atoms with Crippen LogP contribution in [0.2, 0.25) is 0 Å². The minimum Gasteiger partial charge on any atom is -0.396 e. The number of hydrogen-bond acceptors (Lipinski definition) is 2. The monoisotopic (exact) mass is 269 g/mol. The summed E-state index contributed by atoms with van der Waals surface area (Å²) >= 11 is 0. The van der Waals surface area contributed by atoms with Gasteiger partial charge in [-0.3, -0.25) is 4.79 Å². The first-order chi connectivity index (χ1) is 9.05. The van der Waals surface area contributed by atoms with Gasteiger partial charge in [0.1, 0.15) is 0 Å². The van der Waals surface area contributed by atoms with Gasteiger partial charge in [-0.25, -0.2) is 0 Å². The Morgan fingerprint density at radius 2 is 1.74 bits per heavy atom. The Hall–Kier alpha value is -0.570. The number of amides is 1. The highest BCUT2D eigenvalue weighted by Crippen LogP contribution is 2.24. The molecular formula is C16H31NO2. The summed E-state index contributed by atoms with van der Waals surface area (Å²) in [6, 6.07) is 0.